The first-order valence-electron chi connectivity index (χ1n) is 4.39. The van der Waals surface area contributed by atoms with Crippen LogP contribution >= 0.6 is 0 Å². The van der Waals surface area contributed by atoms with Gasteiger partial charge in [-0.1, -0.05) is 0 Å². The highest BCUT2D eigenvalue weighted by Gasteiger charge is 2.40. The third-order valence-electron chi connectivity index (χ3n) is 2.08. The first-order chi connectivity index (χ1) is 8.10. The Labute approximate surface area is 95.0 Å². The maximum absolute atomic E-state index is 12.6. The third-order valence-corrected chi connectivity index (χ3v) is 2.08. The van der Waals surface area contributed by atoms with Crippen molar-refractivity contribution in [3.8, 4) is 0 Å². The van der Waals surface area contributed by atoms with Crippen molar-refractivity contribution >= 4 is 11.3 Å². The fourth-order valence-corrected chi connectivity index (χ4v) is 1.33. The van der Waals surface area contributed by atoms with Crippen molar-refractivity contribution in [3.63, 3.8) is 0 Å². The minimum atomic E-state index is -5.00. The van der Waals surface area contributed by atoms with Crippen molar-refractivity contribution in [2.75, 3.05) is 5.73 Å². The van der Waals surface area contributed by atoms with Gasteiger partial charge in [0.05, 0.1) is 11.9 Å². The van der Waals surface area contributed by atoms with Gasteiger partial charge in [-0.2, -0.15) is 31.4 Å². The van der Waals surface area contributed by atoms with E-state index in [-0.39, 0.29) is 16.3 Å². The number of hydrogen-bond acceptors (Lipinski definition) is 3. The van der Waals surface area contributed by atoms with Crippen molar-refractivity contribution in [2.45, 2.75) is 12.4 Å². The summed E-state index contributed by atoms with van der Waals surface area (Å²) in [5.74, 6) is 0. The summed E-state index contributed by atoms with van der Waals surface area (Å²) >= 11 is 0. The van der Waals surface area contributed by atoms with Gasteiger partial charge in [-0.05, 0) is 6.07 Å². The zero-order valence-corrected chi connectivity index (χ0v) is 8.34. The van der Waals surface area contributed by atoms with Crippen LogP contribution in [0.4, 0.5) is 32.0 Å². The predicted molar refractivity (Wildman–Crippen MR) is 47.4 cm³/mol. The van der Waals surface area contributed by atoms with Gasteiger partial charge >= 0.3 is 12.4 Å². The van der Waals surface area contributed by atoms with E-state index in [1.54, 1.807) is 0 Å². The average molecular weight is 270 g/mol. The van der Waals surface area contributed by atoms with E-state index in [4.69, 9.17) is 5.73 Å². The van der Waals surface area contributed by atoms with Crippen LogP contribution in [0, 0.1) is 0 Å². The molecule has 0 saturated heterocycles. The molecular formula is C8H4F6N4. The number of anilines is 1. The van der Waals surface area contributed by atoms with Gasteiger partial charge in [0.25, 0.3) is 0 Å². The summed E-state index contributed by atoms with van der Waals surface area (Å²) in [7, 11) is 0. The zero-order chi connectivity index (χ0) is 13.7. The Bertz CT molecular complexity index is 596. The molecule has 0 aliphatic rings. The van der Waals surface area contributed by atoms with E-state index < -0.39 is 29.4 Å². The summed E-state index contributed by atoms with van der Waals surface area (Å²) < 4.78 is 75.3. The van der Waals surface area contributed by atoms with Gasteiger partial charge < -0.3 is 5.73 Å². The van der Waals surface area contributed by atoms with Crippen molar-refractivity contribution < 1.29 is 26.3 Å². The van der Waals surface area contributed by atoms with E-state index in [0.717, 1.165) is 6.20 Å². The number of nitrogens with two attached hydrogens (primary N) is 1. The van der Waals surface area contributed by atoms with Crippen LogP contribution in [0.15, 0.2) is 12.3 Å². The smallest absolute Gasteiger partial charge is 0.394 e. The quantitative estimate of drug-likeness (QED) is 0.747. The van der Waals surface area contributed by atoms with Gasteiger partial charge in [-0.15, -0.1) is 0 Å². The third kappa shape index (κ3) is 1.93. The molecule has 4 nitrogen and oxygen atoms in total. The Kier molecular flexibility index (Phi) is 2.42. The summed E-state index contributed by atoms with van der Waals surface area (Å²) in [6.07, 6.45) is -9.20. The van der Waals surface area contributed by atoms with Crippen LogP contribution in [-0.4, -0.2) is 14.6 Å². The molecule has 0 amide bonds. The molecule has 0 spiro atoms. The molecule has 0 bridgehead atoms. The number of fused-ring (bicyclic) bond motifs is 1. The lowest BCUT2D eigenvalue weighted by Crippen LogP contribution is -2.18. The van der Waals surface area contributed by atoms with Crippen molar-refractivity contribution in [1.29, 1.82) is 0 Å². The minimum absolute atomic E-state index is 0.112. The molecule has 2 rings (SSSR count). The molecule has 0 saturated carbocycles. The van der Waals surface area contributed by atoms with Crippen LogP contribution in [0.3, 0.4) is 0 Å². The lowest BCUT2D eigenvalue weighted by atomic mass is 10.3. The molecule has 2 N–H and O–H groups in total. The van der Waals surface area contributed by atoms with Gasteiger partial charge in [-0.3, -0.25) is 0 Å². The van der Waals surface area contributed by atoms with E-state index in [1.165, 1.54) is 0 Å². The summed E-state index contributed by atoms with van der Waals surface area (Å²) in [6, 6.07) is -0.112. The molecule has 98 valence electrons. The Morgan fingerprint density at radius 3 is 2.17 bits per heavy atom. The molecule has 0 atom stereocenters. The number of hydrogen-bond donors (Lipinski definition) is 1. The minimum Gasteiger partial charge on any atom is -0.394 e. The molecule has 2 aromatic rings. The fourth-order valence-electron chi connectivity index (χ4n) is 1.33. The van der Waals surface area contributed by atoms with E-state index in [2.05, 4.69) is 10.1 Å². The second-order valence-corrected chi connectivity index (χ2v) is 3.36. The van der Waals surface area contributed by atoms with E-state index in [1.807, 2.05) is 0 Å². The molecule has 0 unspecified atom stereocenters. The van der Waals surface area contributed by atoms with Crippen LogP contribution < -0.4 is 5.73 Å². The molecule has 0 aliphatic heterocycles. The fraction of sp³-hybridized carbons (Fsp3) is 0.250. The number of nitrogens with zero attached hydrogens (tertiary/aromatic N) is 3. The summed E-state index contributed by atoms with van der Waals surface area (Å²) in [5.41, 5.74) is 0.910. The van der Waals surface area contributed by atoms with E-state index >= 15 is 0 Å². The lowest BCUT2D eigenvalue weighted by Gasteiger charge is -2.12. The SMILES string of the molecule is Nc1cnn2c(C(F)(F)F)cc(C(F)(F)F)nc12. The van der Waals surface area contributed by atoms with Crippen LogP contribution in [0.2, 0.25) is 0 Å². The Morgan fingerprint density at radius 2 is 1.67 bits per heavy atom. The maximum atomic E-state index is 12.6. The number of nitrogen functional groups attached to an aromatic ring is 1. The first kappa shape index (κ1) is 12.5. The Hall–Kier alpha value is -2.00. The molecule has 0 fully saturated rings. The van der Waals surface area contributed by atoms with Crippen LogP contribution in [0.5, 0.6) is 0 Å². The van der Waals surface area contributed by atoms with Gasteiger partial charge in [0, 0.05) is 0 Å². The van der Waals surface area contributed by atoms with E-state index in [0.29, 0.717) is 0 Å². The lowest BCUT2D eigenvalue weighted by molar-refractivity contribution is -0.148. The van der Waals surface area contributed by atoms with Gasteiger partial charge in [0.15, 0.2) is 11.3 Å². The molecule has 0 aromatic carbocycles. The number of halogens is 6. The summed E-state index contributed by atoms with van der Waals surface area (Å²) in [5, 5.41) is 3.25. The Morgan fingerprint density at radius 1 is 1.06 bits per heavy atom. The highest BCUT2D eigenvalue weighted by molar-refractivity contribution is 5.64. The largest absolute Gasteiger partial charge is 0.433 e. The molecule has 2 heterocycles. The maximum Gasteiger partial charge on any atom is 0.433 e. The highest BCUT2D eigenvalue weighted by atomic mass is 19.4. The normalized spacial score (nSPS) is 13.2. The number of rotatable bonds is 0. The number of alkyl halides is 6. The zero-order valence-electron chi connectivity index (χ0n) is 8.34. The van der Waals surface area contributed by atoms with Crippen molar-refractivity contribution in [3.05, 3.63) is 23.7 Å². The van der Waals surface area contributed by atoms with Crippen LogP contribution in [0.25, 0.3) is 5.65 Å². The molecule has 0 radical (unpaired) electrons. The summed E-state index contributed by atoms with van der Waals surface area (Å²) in [6.45, 7) is 0. The highest BCUT2D eigenvalue weighted by Crippen LogP contribution is 2.35. The molecular weight excluding hydrogens is 266 g/mol. The summed E-state index contributed by atoms with van der Waals surface area (Å²) in [4.78, 5) is 3.03. The van der Waals surface area contributed by atoms with Crippen LogP contribution in [-0.2, 0) is 12.4 Å². The average Bonchev–Trinajstić information content (AvgIpc) is 2.56. The standard InChI is InChI=1S/C8H4F6N4/c9-7(10,11)4-1-5(8(12,13)14)18-6(17-4)3(15)2-16-18/h1-2H,15H2. The molecule has 2 aromatic heterocycles. The van der Waals surface area contributed by atoms with Gasteiger partial charge in [0.1, 0.15) is 5.69 Å². The Balaban J connectivity index is 2.83. The molecule has 18 heavy (non-hydrogen) atoms. The second-order valence-electron chi connectivity index (χ2n) is 3.36. The number of aromatic nitrogens is 3. The second kappa shape index (κ2) is 3.50. The molecule has 10 heteroatoms. The molecule has 0 aliphatic carbocycles. The van der Waals surface area contributed by atoms with Crippen LogP contribution in [0.1, 0.15) is 11.4 Å². The van der Waals surface area contributed by atoms with Crippen molar-refractivity contribution in [2.24, 2.45) is 0 Å². The monoisotopic (exact) mass is 270 g/mol. The van der Waals surface area contributed by atoms with Gasteiger partial charge in [-0.25, -0.2) is 9.50 Å². The predicted octanol–water partition coefficient (Wildman–Crippen LogP) is 2.35. The first-order valence-corrected chi connectivity index (χ1v) is 4.39. The topological polar surface area (TPSA) is 56.2 Å². The van der Waals surface area contributed by atoms with E-state index in [9.17, 15) is 26.3 Å². The van der Waals surface area contributed by atoms with Crippen molar-refractivity contribution in [1.82, 2.24) is 14.6 Å². The van der Waals surface area contributed by atoms with Gasteiger partial charge in [0.2, 0.25) is 0 Å².